The number of halogens is 1. The van der Waals surface area contributed by atoms with Gasteiger partial charge in [-0.2, -0.15) is 0 Å². The van der Waals surface area contributed by atoms with Crippen molar-refractivity contribution in [3.63, 3.8) is 0 Å². The average molecular weight is 209 g/mol. The standard InChI is InChI=1S/C8H16N2O2.ClH/c11-8(9-12)4-7-10-5-2-1-3-6-10;/h12H,1-7H2,(H,9,11);1H. The van der Waals surface area contributed by atoms with E-state index in [0.29, 0.717) is 6.42 Å². The van der Waals surface area contributed by atoms with Crippen molar-refractivity contribution in [1.82, 2.24) is 10.4 Å². The Bertz CT molecular complexity index is 149. The summed E-state index contributed by atoms with van der Waals surface area (Å²) in [5.74, 6) is -0.291. The number of carbonyl (C=O) groups is 1. The lowest BCUT2D eigenvalue weighted by Gasteiger charge is -2.25. The van der Waals surface area contributed by atoms with Gasteiger partial charge in [0.1, 0.15) is 0 Å². The molecule has 2 N–H and O–H groups in total. The van der Waals surface area contributed by atoms with Crippen molar-refractivity contribution in [3.05, 3.63) is 0 Å². The van der Waals surface area contributed by atoms with E-state index in [2.05, 4.69) is 4.90 Å². The fraction of sp³-hybridized carbons (Fsp3) is 0.875. The number of nitrogens with zero attached hydrogens (tertiary/aromatic N) is 1. The second-order valence-electron chi connectivity index (χ2n) is 3.19. The Balaban J connectivity index is 0.00000144. The molecule has 0 spiro atoms. The van der Waals surface area contributed by atoms with Crippen LogP contribution in [0.3, 0.4) is 0 Å². The van der Waals surface area contributed by atoms with Crippen molar-refractivity contribution >= 4 is 18.3 Å². The van der Waals surface area contributed by atoms with Crippen molar-refractivity contribution in [2.45, 2.75) is 25.7 Å². The Morgan fingerprint density at radius 1 is 1.31 bits per heavy atom. The molecule has 1 heterocycles. The Hall–Kier alpha value is -0.320. The van der Waals surface area contributed by atoms with E-state index in [0.717, 1.165) is 19.6 Å². The zero-order valence-corrected chi connectivity index (χ0v) is 8.48. The van der Waals surface area contributed by atoms with Crippen LogP contribution < -0.4 is 5.48 Å². The monoisotopic (exact) mass is 208 g/mol. The highest BCUT2D eigenvalue weighted by molar-refractivity contribution is 5.85. The molecule has 0 unspecified atom stereocenters. The second kappa shape index (κ2) is 7.12. The molecule has 0 aromatic carbocycles. The molecule has 1 fully saturated rings. The number of hydrogen-bond donors (Lipinski definition) is 2. The van der Waals surface area contributed by atoms with Crippen LogP contribution in [0, 0.1) is 0 Å². The number of likely N-dealkylation sites (tertiary alicyclic amines) is 1. The molecule has 1 rings (SSSR count). The first kappa shape index (κ1) is 12.7. The molecule has 5 heteroatoms. The maximum atomic E-state index is 10.7. The fourth-order valence-corrected chi connectivity index (χ4v) is 1.50. The summed E-state index contributed by atoms with van der Waals surface area (Å²) in [7, 11) is 0. The zero-order valence-electron chi connectivity index (χ0n) is 7.66. The minimum Gasteiger partial charge on any atom is -0.303 e. The quantitative estimate of drug-likeness (QED) is 0.533. The Kier molecular flexibility index (Phi) is 6.94. The molecule has 1 amide bonds. The van der Waals surface area contributed by atoms with E-state index >= 15 is 0 Å². The van der Waals surface area contributed by atoms with Gasteiger partial charge in [0.2, 0.25) is 5.91 Å². The smallest absolute Gasteiger partial charge is 0.244 e. The Morgan fingerprint density at radius 3 is 2.46 bits per heavy atom. The van der Waals surface area contributed by atoms with Crippen molar-refractivity contribution in [2.75, 3.05) is 19.6 Å². The van der Waals surface area contributed by atoms with Crippen LogP contribution in [0.2, 0.25) is 0 Å². The topological polar surface area (TPSA) is 52.6 Å². The molecule has 13 heavy (non-hydrogen) atoms. The Morgan fingerprint density at radius 2 is 1.92 bits per heavy atom. The van der Waals surface area contributed by atoms with Crippen molar-refractivity contribution in [1.29, 1.82) is 0 Å². The van der Waals surface area contributed by atoms with Gasteiger partial charge in [-0.25, -0.2) is 5.48 Å². The van der Waals surface area contributed by atoms with Gasteiger partial charge in [-0.1, -0.05) is 6.42 Å². The van der Waals surface area contributed by atoms with Crippen molar-refractivity contribution in [3.8, 4) is 0 Å². The summed E-state index contributed by atoms with van der Waals surface area (Å²) in [6, 6.07) is 0. The first-order valence-electron chi connectivity index (χ1n) is 4.48. The highest BCUT2D eigenvalue weighted by Gasteiger charge is 2.10. The van der Waals surface area contributed by atoms with E-state index < -0.39 is 0 Å². The third-order valence-electron chi connectivity index (χ3n) is 2.23. The Labute approximate surface area is 84.7 Å². The van der Waals surface area contributed by atoms with E-state index in [4.69, 9.17) is 5.21 Å². The number of rotatable bonds is 3. The van der Waals surface area contributed by atoms with Crippen molar-refractivity contribution < 1.29 is 10.0 Å². The summed E-state index contributed by atoms with van der Waals surface area (Å²) >= 11 is 0. The lowest BCUT2D eigenvalue weighted by atomic mass is 10.1. The summed E-state index contributed by atoms with van der Waals surface area (Å²) in [5.41, 5.74) is 1.64. The van der Waals surface area contributed by atoms with E-state index in [1.807, 2.05) is 0 Å². The highest BCUT2D eigenvalue weighted by atomic mass is 35.5. The minimum absolute atomic E-state index is 0. The molecule has 0 atom stereocenters. The van der Waals surface area contributed by atoms with E-state index in [1.54, 1.807) is 5.48 Å². The summed E-state index contributed by atoms with van der Waals surface area (Å²) in [6.45, 7) is 2.96. The van der Waals surface area contributed by atoms with E-state index in [9.17, 15) is 4.79 Å². The number of hydrogen-bond acceptors (Lipinski definition) is 3. The third kappa shape index (κ3) is 5.08. The maximum Gasteiger partial charge on any atom is 0.244 e. The molecule has 0 aromatic rings. The van der Waals surface area contributed by atoms with Crippen LogP contribution in [-0.4, -0.2) is 35.6 Å². The molecule has 1 aliphatic rings. The molecule has 4 nitrogen and oxygen atoms in total. The molecule has 1 aliphatic heterocycles. The van der Waals surface area contributed by atoms with Crippen LogP contribution in [0.25, 0.3) is 0 Å². The molecule has 0 aliphatic carbocycles. The highest BCUT2D eigenvalue weighted by Crippen LogP contribution is 2.08. The van der Waals surface area contributed by atoms with Gasteiger partial charge in [-0.15, -0.1) is 12.4 Å². The lowest BCUT2D eigenvalue weighted by molar-refractivity contribution is -0.129. The molecule has 78 valence electrons. The van der Waals surface area contributed by atoms with Gasteiger partial charge in [-0.3, -0.25) is 10.0 Å². The average Bonchev–Trinajstić information content (AvgIpc) is 2.16. The van der Waals surface area contributed by atoms with Crippen molar-refractivity contribution in [2.24, 2.45) is 0 Å². The van der Waals surface area contributed by atoms with Gasteiger partial charge in [0.25, 0.3) is 0 Å². The van der Waals surface area contributed by atoms with Gasteiger partial charge in [-0.05, 0) is 25.9 Å². The number of amides is 1. The first-order chi connectivity index (χ1) is 5.83. The largest absolute Gasteiger partial charge is 0.303 e. The first-order valence-corrected chi connectivity index (χ1v) is 4.48. The molecular weight excluding hydrogens is 192 g/mol. The van der Waals surface area contributed by atoms with Gasteiger partial charge in [0.15, 0.2) is 0 Å². The summed E-state index contributed by atoms with van der Waals surface area (Å²) in [5, 5.41) is 8.25. The number of piperidine rings is 1. The number of carbonyl (C=O) groups excluding carboxylic acids is 1. The normalized spacial score (nSPS) is 17.6. The molecular formula is C8H17ClN2O2. The summed E-state index contributed by atoms with van der Waals surface area (Å²) in [6.07, 6.45) is 4.18. The van der Waals surface area contributed by atoms with Gasteiger partial charge < -0.3 is 4.90 Å². The second-order valence-corrected chi connectivity index (χ2v) is 3.19. The molecule has 0 aromatic heterocycles. The van der Waals surface area contributed by atoms with Crippen LogP contribution in [0.5, 0.6) is 0 Å². The molecule has 0 bridgehead atoms. The van der Waals surface area contributed by atoms with Crippen LogP contribution in [0.1, 0.15) is 25.7 Å². The lowest BCUT2D eigenvalue weighted by Crippen LogP contribution is -2.33. The predicted molar refractivity (Wildman–Crippen MR) is 52.1 cm³/mol. The van der Waals surface area contributed by atoms with E-state index in [-0.39, 0.29) is 18.3 Å². The van der Waals surface area contributed by atoms with Crippen LogP contribution in [0.4, 0.5) is 0 Å². The van der Waals surface area contributed by atoms with Gasteiger partial charge >= 0.3 is 0 Å². The van der Waals surface area contributed by atoms with Crippen LogP contribution in [0.15, 0.2) is 0 Å². The van der Waals surface area contributed by atoms with E-state index in [1.165, 1.54) is 19.3 Å². The van der Waals surface area contributed by atoms with Gasteiger partial charge in [0, 0.05) is 13.0 Å². The third-order valence-corrected chi connectivity index (χ3v) is 2.23. The fourth-order valence-electron chi connectivity index (χ4n) is 1.50. The zero-order chi connectivity index (χ0) is 8.81. The summed E-state index contributed by atoms with van der Waals surface area (Å²) < 4.78 is 0. The SMILES string of the molecule is Cl.O=C(CCN1CCCCC1)NO. The molecule has 1 saturated heterocycles. The number of hydroxylamine groups is 1. The predicted octanol–water partition coefficient (Wildman–Crippen LogP) is 0.790. The van der Waals surface area contributed by atoms with Crippen LogP contribution in [-0.2, 0) is 4.79 Å². The molecule has 0 saturated carbocycles. The van der Waals surface area contributed by atoms with Gasteiger partial charge in [0.05, 0.1) is 0 Å². The molecule has 0 radical (unpaired) electrons. The van der Waals surface area contributed by atoms with Crippen LogP contribution >= 0.6 is 12.4 Å². The summed E-state index contributed by atoms with van der Waals surface area (Å²) in [4.78, 5) is 12.9. The minimum atomic E-state index is -0.291. The maximum absolute atomic E-state index is 10.7. The number of nitrogens with one attached hydrogen (secondary N) is 1.